The molecule has 0 heterocycles. The van der Waals surface area contributed by atoms with Gasteiger partial charge >= 0.3 is 0 Å². The van der Waals surface area contributed by atoms with Crippen LogP contribution in [-0.2, 0) is 0 Å². The molecule has 0 unspecified atom stereocenters. The first kappa shape index (κ1) is 7.36. The summed E-state index contributed by atoms with van der Waals surface area (Å²) in [6.07, 6.45) is 1.75. The highest BCUT2D eigenvalue weighted by Gasteiger charge is 1.78. The van der Waals surface area contributed by atoms with Gasteiger partial charge in [-0.25, -0.2) is 0 Å². The predicted molar refractivity (Wildman–Crippen MR) is 44.6 cm³/mol. The molecule has 0 amide bonds. The zero-order chi connectivity index (χ0) is 5.86. The van der Waals surface area contributed by atoms with Crippen molar-refractivity contribution < 1.29 is 0 Å². The summed E-state index contributed by atoms with van der Waals surface area (Å²) in [6.45, 7) is 1.81. The molecule has 0 atom stereocenters. The van der Waals surface area contributed by atoms with Crippen molar-refractivity contribution in [1.29, 1.82) is 0 Å². The molecule has 40 valence electrons. The second kappa shape index (κ2) is 3.37. The van der Waals surface area contributed by atoms with Crippen LogP contribution in [0, 0.1) is 0 Å². The Balaban J connectivity index is 3.68. The summed E-state index contributed by atoms with van der Waals surface area (Å²) < 4.78 is 0.803. The average molecular weight is 227 g/mol. The van der Waals surface area contributed by atoms with E-state index in [0.29, 0.717) is 0 Å². The van der Waals surface area contributed by atoms with Crippen molar-refractivity contribution in [1.82, 2.24) is 0 Å². The van der Waals surface area contributed by atoms with Gasteiger partial charge in [0.25, 0.3) is 0 Å². The van der Waals surface area contributed by atoms with Crippen LogP contribution in [0.2, 0.25) is 0 Å². The molecule has 0 aromatic rings. The molecule has 0 saturated heterocycles. The number of allylic oxidation sites excluding steroid dienone is 2. The van der Waals surface area contributed by atoms with Gasteiger partial charge in [0, 0.05) is 5.70 Å². The minimum Gasteiger partial charge on any atom is -0.402 e. The van der Waals surface area contributed by atoms with E-state index in [1.165, 1.54) is 0 Å². The molecule has 0 rings (SSSR count). The maximum absolute atomic E-state index is 5.26. The van der Waals surface area contributed by atoms with Crippen molar-refractivity contribution in [3.05, 3.63) is 11.8 Å². The molecule has 0 radical (unpaired) electrons. The highest BCUT2D eigenvalue weighted by atomic mass is 127. The van der Waals surface area contributed by atoms with Gasteiger partial charge in [-0.3, -0.25) is 0 Å². The summed E-state index contributed by atoms with van der Waals surface area (Å²) >= 11 is 6.73. The monoisotopic (exact) mass is 227 g/mol. The normalized spacial score (nSPS) is 11.4. The molecule has 3 heteroatoms. The topological polar surface area (TPSA) is 26.0 Å². The lowest BCUT2D eigenvalue weighted by Crippen LogP contribution is -1.90. The lowest BCUT2D eigenvalue weighted by atomic mass is 10.5. The van der Waals surface area contributed by atoms with E-state index in [0.717, 1.165) is 8.57 Å². The second-order valence-electron chi connectivity index (χ2n) is 1.19. The molecule has 0 aliphatic heterocycles. The van der Waals surface area contributed by atoms with Crippen LogP contribution < -0.4 is 5.73 Å². The summed E-state index contributed by atoms with van der Waals surface area (Å²) in [5.41, 5.74) is 6.03. The minimum atomic E-state index is 0.763. The van der Waals surface area contributed by atoms with E-state index in [2.05, 4.69) is 0 Å². The highest BCUT2D eigenvalue weighted by Crippen LogP contribution is 1.92. The van der Waals surface area contributed by atoms with Crippen molar-refractivity contribution in [3.63, 3.8) is 0 Å². The van der Waals surface area contributed by atoms with Gasteiger partial charge in [0.2, 0.25) is 0 Å². The Labute approximate surface area is 62.1 Å². The minimum absolute atomic E-state index is 0.763. The number of hydrogen-bond donors (Lipinski definition) is 1. The summed E-state index contributed by atoms with van der Waals surface area (Å²) in [5, 5.41) is 0. The maximum atomic E-state index is 5.26. The van der Waals surface area contributed by atoms with Crippen LogP contribution in [0.15, 0.2) is 11.8 Å². The van der Waals surface area contributed by atoms with Crippen LogP contribution in [-0.4, -0.2) is 2.87 Å². The molecule has 2 N–H and O–H groups in total. The Morgan fingerprint density at radius 1 is 1.86 bits per heavy atom. The molecule has 0 fully saturated rings. The van der Waals surface area contributed by atoms with Gasteiger partial charge in [-0.2, -0.15) is 0 Å². The van der Waals surface area contributed by atoms with E-state index in [4.69, 9.17) is 18.0 Å². The zero-order valence-electron chi connectivity index (χ0n) is 3.94. The van der Waals surface area contributed by atoms with Gasteiger partial charge < -0.3 is 5.73 Å². The van der Waals surface area contributed by atoms with Crippen LogP contribution in [0.4, 0.5) is 0 Å². The zero-order valence-corrected chi connectivity index (χ0v) is 6.91. The number of halogens is 1. The van der Waals surface area contributed by atoms with Gasteiger partial charge in [-0.1, -0.05) is 12.2 Å². The first-order chi connectivity index (χ1) is 3.13. The quantitative estimate of drug-likeness (QED) is 0.319. The largest absolute Gasteiger partial charge is 0.402 e. The number of nitrogens with two attached hydrogens (primary N) is 1. The fraction of sp³-hybridized carbons (Fsp3) is 0.250. The van der Waals surface area contributed by atoms with Gasteiger partial charge in [0.15, 0.2) is 0 Å². The third-order valence-corrected chi connectivity index (χ3v) is 0.770. The first-order valence-corrected chi connectivity index (χ1v) is 3.25. The van der Waals surface area contributed by atoms with Gasteiger partial charge in [-0.05, 0) is 35.6 Å². The van der Waals surface area contributed by atoms with E-state index < -0.39 is 0 Å². The fourth-order valence-electron chi connectivity index (χ4n) is 0.179. The average Bonchev–Trinajstić information content (AvgIpc) is 1.27. The van der Waals surface area contributed by atoms with E-state index in [-0.39, 0.29) is 0 Å². The molecule has 0 aliphatic carbocycles. The van der Waals surface area contributed by atoms with Crippen LogP contribution in [0.3, 0.4) is 0 Å². The second-order valence-corrected chi connectivity index (χ2v) is 3.53. The molecule has 0 aromatic carbocycles. The van der Waals surface area contributed by atoms with Crippen molar-refractivity contribution in [2.24, 2.45) is 5.73 Å². The third kappa shape index (κ3) is 6.36. The first-order valence-electron chi connectivity index (χ1n) is 1.76. The Kier molecular flexibility index (Phi) is 3.55. The van der Waals surface area contributed by atoms with Crippen molar-refractivity contribution in [2.45, 2.75) is 6.92 Å². The lowest BCUT2D eigenvalue weighted by molar-refractivity contribution is 1.33. The Hall–Kier alpha value is 0.360. The molecular weight excluding hydrogens is 221 g/mol. The van der Waals surface area contributed by atoms with Crippen LogP contribution in [0.5, 0.6) is 0 Å². The van der Waals surface area contributed by atoms with Crippen LogP contribution in [0.1, 0.15) is 6.92 Å². The number of rotatable bonds is 1. The van der Waals surface area contributed by atoms with Gasteiger partial charge in [-0.15, -0.1) is 0 Å². The van der Waals surface area contributed by atoms with E-state index >= 15 is 0 Å². The van der Waals surface area contributed by atoms with E-state index in [1.807, 2.05) is 29.5 Å². The van der Waals surface area contributed by atoms with Gasteiger partial charge in [0.05, 0.1) is 2.87 Å². The molecular formula is C4H6INS. The summed E-state index contributed by atoms with van der Waals surface area (Å²) in [4.78, 5) is 0. The standard InChI is InChI=1S/C4H6INS/c1-3(6)2-4(5)7/h2H,6H2,1H3. The fourth-order valence-corrected chi connectivity index (χ4v) is 0.856. The molecule has 0 bridgehead atoms. The Bertz CT molecular complexity index is 104. The van der Waals surface area contributed by atoms with Gasteiger partial charge in [0.1, 0.15) is 0 Å². The number of thiocarbonyl (C=S) groups is 1. The number of hydrogen-bond acceptors (Lipinski definition) is 2. The van der Waals surface area contributed by atoms with Crippen molar-refractivity contribution in [2.75, 3.05) is 0 Å². The Morgan fingerprint density at radius 3 is 2.29 bits per heavy atom. The molecule has 1 nitrogen and oxygen atoms in total. The molecule has 0 saturated carbocycles. The van der Waals surface area contributed by atoms with E-state index in [9.17, 15) is 0 Å². The molecule has 7 heavy (non-hydrogen) atoms. The predicted octanol–water partition coefficient (Wildman–Crippen LogP) is 1.61. The SMILES string of the molecule is CC(N)=CC(=S)I. The molecule has 0 spiro atoms. The smallest absolute Gasteiger partial charge is 0.0777 e. The van der Waals surface area contributed by atoms with Crippen molar-refractivity contribution in [3.8, 4) is 0 Å². The maximum Gasteiger partial charge on any atom is 0.0777 e. The summed E-state index contributed by atoms with van der Waals surface area (Å²) in [7, 11) is 0. The van der Waals surface area contributed by atoms with Crippen LogP contribution >= 0.6 is 34.8 Å². The third-order valence-electron chi connectivity index (χ3n) is 0.341. The van der Waals surface area contributed by atoms with Crippen molar-refractivity contribution >= 4 is 37.7 Å². The Morgan fingerprint density at radius 2 is 2.29 bits per heavy atom. The lowest BCUT2D eigenvalue weighted by Gasteiger charge is -1.83. The summed E-state index contributed by atoms with van der Waals surface area (Å²) in [5.74, 6) is 0. The van der Waals surface area contributed by atoms with Crippen LogP contribution in [0.25, 0.3) is 0 Å². The highest BCUT2D eigenvalue weighted by molar-refractivity contribution is 14.1. The van der Waals surface area contributed by atoms with E-state index in [1.54, 1.807) is 6.08 Å². The molecule has 0 aliphatic rings. The summed E-state index contributed by atoms with van der Waals surface area (Å²) in [6, 6.07) is 0. The molecule has 0 aromatic heterocycles.